The molecule has 12 rings (SSSR count). The van der Waals surface area contributed by atoms with E-state index >= 15 is 0 Å². The van der Waals surface area contributed by atoms with Gasteiger partial charge in [0.05, 0.1) is 5.92 Å². The molecule has 272 valence electrons. The van der Waals surface area contributed by atoms with Gasteiger partial charge in [0, 0.05) is 42.4 Å². The van der Waals surface area contributed by atoms with Gasteiger partial charge in [-0.25, -0.2) is 15.0 Å². The molecule has 0 saturated carbocycles. The van der Waals surface area contributed by atoms with Gasteiger partial charge in [0.1, 0.15) is 11.9 Å². The predicted octanol–water partition coefficient (Wildman–Crippen LogP) is 13.7. The Labute approximate surface area is 339 Å². The number of hydrogen-bond donors (Lipinski definition) is 0. The lowest BCUT2D eigenvalue weighted by Crippen LogP contribution is -2.19. The van der Waals surface area contributed by atoms with Crippen LogP contribution in [-0.4, -0.2) is 21.1 Å². The summed E-state index contributed by atoms with van der Waals surface area (Å²) < 4.78 is 8.93. The zero-order valence-corrected chi connectivity index (χ0v) is 32.0. The number of aromatic nitrogens is 3. The zero-order chi connectivity index (χ0) is 38.2. The minimum Gasteiger partial charge on any atom is -0.485 e. The van der Waals surface area contributed by atoms with Gasteiger partial charge in [0.2, 0.25) is 0 Å². The second-order valence-corrected chi connectivity index (χ2v) is 16.1. The van der Waals surface area contributed by atoms with Crippen molar-refractivity contribution in [2.75, 3.05) is 0 Å². The Kier molecular flexibility index (Phi) is 7.50. The minimum absolute atomic E-state index is 0.0326. The molecule has 10 aromatic rings. The molecule has 0 spiro atoms. The molecule has 0 radical (unpaired) electrons. The molecule has 58 heavy (non-hydrogen) atoms. The number of rotatable bonds is 5. The first-order chi connectivity index (χ1) is 28.7. The molecular formula is C53H33N3OS. The standard InChI is InChI=1S/C53H33N3OS/c1-2-11-35-30-36(25-22-32(35)10-1)33-20-23-34(24-21-33)51-54-52(37-26-29-49-45(31-37)41-14-6-8-19-48(41)58-49)56-53(55-51)43-28-27-40(38-12-3-4-13-39(38)43)42-16-9-18-47-50(42)44-15-5-7-17-46(44)57-47/h1-31,47,50H. The van der Waals surface area contributed by atoms with Crippen LogP contribution in [0.15, 0.2) is 188 Å². The normalized spacial score (nSPS) is 15.8. The van der Waals surface area contributed by atoms with Gasteiger partial charge in [-0.2, -0.15) is 0 Å². The molecule has 0 fully saturated rings. The summed E-state index contributed by atoms with van der Waals surface area (Å²) in [5.74, 6) is 3.00. The fourth-order valence-electron chi connectivity index (χ4n) is 8.91. The van der Waals surface area contributed by atoms with Gasteiger partial charge in [-0.3, -0.25) is 0 Å². The Balaban J connectivity index is 1.01. The lowest BCUT2D eigenvalue weighted by molar-refractivity contribution is 0.271. The number of hydrogen-bond acceptors (Lipinski definition) is 5. The molecule has 1 aliphatic heterocycles. The number of nitrogens with zero attached hydrogens (tertiary/aromatic N) is 3. The second kappa shape index (κ2) is 13.2. The smallest absolute Gasteiger partial charge is 0.164 e. The fraction of sp³-hybridized carbons (Fsp3) is 0.0377. The third-order valence-corrected chi connectivity index (χ3v) is 12.9. The van der Waals surface area contributed by atoms with Crippen molar-refractivity contribution in [1.29, 1.82) is 0 Å². The predicted molar refractivity (Wildman–Crippen MR) is 240 cm³/mol. The van der Waals surface area contributed by atoms with Crippen LogP contribution in [0.25, 0.3) is 92.6 Å². The van der Waals surface area contributed by atoms with E-state index in [9.17, 15) is 0 Å². The molecule has 0 saturated heterocycles. The van der Waals surface area contributed by atoms with E-state index in [-0.39, 0.29) is 12.0 Å². The topological polar surface area (TPSA) is 47.9 Å². The largest absolute Gasteiger partial charge is 0.485 e. The van der Waals surface area contributed by atoms with Crippen molar-refractivity contribution < 1.29 is 4.74 Å². The van der Waals surface area contributed by atoms with Gasteiger partial charge in [-0.15, -0.1) is 11.3 Å². The summed E-state index contributed by atoms with van der Waals surface area (Å²) in [7, 11) is 0. The van der Waals surface area contributed by atoms with Crippen LogP contribution in [0.2, 0.25) is 0 Å². The molecule has 4 nitrogen and oxygen atoms in total. The van der Waals surface area contributed by atoms with Gasteiger partial charge in [0.25, 0.3) is 0 Å². The maximum atomic E-state index is 6.42. The van der Waals surface area contributed by atoms with Crippen molar-refractivity contribution in [3.63, 3.8) is 0 Å². The lowest BCUT2D eigenvalue weighted by Gasteiger charge is -2.24. The van der Waals surface area contributed by atoms with E-state index < -0.39 is 0 Å². The SMILES string of the molecule is C1=CC2Oc3ccccc3C2C(c2ccc(-c3nc(-c4ccc(-c5ccc6ccccc6c5)cc4)nc(-c4ccc5sc6ccccc6c5c4)n3)c3ccccc23)=C1. The summed E-state index contributed by atoms with van der Waals surface area (Å²) in [5, 5.41) is 7.15. The first-order valence-corrected chi connectivity index (χ1v) is 20.5. The molecule has 2 aliphatic rings. The molecule has 5 heteroatoms. The maximum absolute atomic E-state index is 6.42. The summed E-state index contributed by atoms with van der Waals surface area (Å²) in [6.45, 7) is 0. The molecule has 3 heterocycles. The van der Waals surface area contributed by atoms with E-state index in [1.165, 1.54) is 53.2 Å². The summed E-state index contributed by atoms with van der Waals surface area (Å²) in [6.07, 6.45) is 6.52. The molecule has 0 bridgehead atoms. The third-order valence-electron chi connectivity index (χ3n) is 11.7. The Morgan fingerprint density at radius 1 is 0.448 bits per heavy atom. The zero-order valence-electron chi connectivity index (χ0n) is 31.2. The molecular weight excluding hydrogens is 727 g/mol. The van der Waals surface area contributed by atoms with Gasteiger partial charge >= 0.3 is 0 Å². The fourth-order valence-corrected chi connectivity index (χ4v) is 9.99. The third kappa shape index (κ3) is 5.39. The highest BCUT2D eigenvalue weighted by Crippen LogP contribution is 2.49. The Bertz CT molecular complexity index is 3340. The average Bonchev–Trinajstić information content (AvgIpc) is 3.87. The average molecular weight is 760 g/mol. The van der Waals surface area contributed by atoms with Gasteiger partial charge in [0.15, 0.2) is 17.5 Å². The number of thiophene rings is 1. The summed E-state index contributed by atoms with van der Waals surface area (Å²) in [6, 6.07) is 60.4. The molecule has 2 aromatic heterocycles. The Hall–Kier alpha value is -7.21. The maximum Gasteiger partial charge on any atom is 0.164 e. The number of benzene rings is 8. The van der Waals surface area contributed by atoms with E-state index in [2.05, 4.69) is 182 Å². The molecule has 1 aliphatic carbocycles. The number of para-hydroxylation sites is 1. The minimum atomic E-state index is -0.0326. The highest BCUT2D eigenvalue weighted by Gasteiger charge is 2.37. The summed E-state index contributed by atoms with van der Waals surface area (Å²) in [5.41, 5.74) is 8.84. The molecule has 2 atom stereocenters. The molecule has 2 unspecified atom stereocenters. The highest BCUT2D eigenvalue weighted by molar-refractivity contribution is 7.25. The van der Waals surface area contributed by atoms with Crippen molar-refractivity contribution in [1.82, 2.24) is 15.0 Å². The Morgan fingerprint density at radius 3 is 1.97 bits per heavy atom. The van der Waals surface area contributed by atoms with Crippen LogP contribution in [-0.2, 0) is 0 Å². The van der Waals surface area contributed by atoms with Crippen molar-refractivity contribution in [3.8, 4) is 51.0 Å². The van der Waals surface area contributed by atoms with Crippen LogP contribution in [0.4, 0.5) is 0 Å². The van der Waals surface area contributed by atoms with Crippen LogP contribution in [0.1, 0.15) is 17.0 Å². The number of ether oxygens (including phenoxy) is 1. The van der Waals surface area contributed by atoms with Crippen molar-refractivity contribution >= 4 is 58.6 Å². The summed E-state index contributed by atoms with van der Waals surface area (Å²) in [4.78, 5) is 15.7. The van der Waals surface area contributed by atoms with Gasteiger partial charge in [-0.05, 0) is 92.3 Å². The summed E-state index contributed by atoms with van der Waals surface area (Å²) >= 11 is 1.81. The quantitative estimate of drug-likeness (QED) is 0.175. The van der Waals surface area contributed by atoms with Crippen LogP contribution in [0, 0.1) is 0 Å². The first kappa shape index (κ1) is 33.0. The number of allylic oxidation sites excluding steroid dienone is 2. The van der Waals surface area contributed by atoms with E-state index in [1.54, 1.807) is 0 Å². The van der Waals surface area contributed by atoms with Crippen molar-refractivity contribution in [2.45, 2.75) is 12.0 Å². The Morgan fingerprint density at radius 2 is 1.09 bits per heavy atom. The second-order valence-electron chi connectivity index (χ2n) is 15.1. The van der Waals surface area contributed by atoms with Crippen LogP contribution in [0.3, 0.4) is 0 Å². The highest BCUT2D eigenvalue weighted by atomic mass is 32.1. The van der Waals surface area contributed by atoms with Crippen LogP contribution in [0.5, 0.6) is 5.75 Å². The molecule has 0 amide bonds. The van der Waals surface area contributed by atoms with Crippen molar-refractivity contribution in [3.05, 3.63) is 199 Å². The van der Waals surface area contributed by atoms with Crippen LogP contribution >= 0.6 is 11.3 Å². The van der Waals surface area contributed by atoms with Gasteiger partial charge < -0.3 is 4.74 Å². The number of fused-ring (bicyclic) bond motifs is 8. The first-order valence-electron chi connectivity index (χ1n) is 19.7. The van der Waals surface area contributed by atoms with Crippen LogP contribution < -0.4 is 4.74 Å². The van der Waals surface area contributed by atoms with E-state index in [0.29, 0.717) is 17.5 Å². The lowest BCUT2D eigenvalue weighted by atomic mass is 9.79. The van der Waals surface area contributed by atoms with E-state index in [4.69, 9.17) is 19.7 Å². The van der Waals surface area contributed by atoms with E-state index in [0.717, 1.165) is 38.8 Å². The van der Waals surface area contributed by atoms with Gasteiger partial charge in [-0.1, -0.05) is 140 Å². The van der Waals surface area contributed by atoms with Crippen molar-refractivity contribution in [2.24, 2.45) is 0 Å². The molecule has 0 N–H and O–H groups in total. The van der Waals surface area contributed by atoms with E-state index in [1.807, 2.05) is 17.4 Å². The molecule has 8 aromatic carbocycles. The monoisotopic (exact) mass is 759 g/mol.